The number of carbonyl (C=O) groups excluding carboxylic acids is 10. The first-order valence-electron chi connectivity index (χ1n) is 44.2. The van der Waals surface area contributed by atoms with Gasteiger partial charge >= 0.3 is 23.8 Å². The lowest BCUT2D eigenvalue weighted by molar-refractivity contribution is -0.387. The van der Waals surface area contributed by atoms with Crippen LogP contribution >= 0.6 is 0 Å². The Balaban J connectivity index is 0.612. The number of carboxylic acids is 1. The molecule has 10 N–H and O–H groups in total. The molecule has 0 bridgehead atoms. The fraction of sp³-hybridized carbons (Fsp3) is 0.567. The topological polar surface area (TPSA) is 564 Å². The quantitative estimate of drug-likeness (QED) is 0.00998. The number of methoxy groups -OCH3 is 2. The Morgan fingerprint density at radius 2 is 1.01 bits per heavy atom. The summed E-state index contributed by atoms with van der Waals surface area (Å²) < 4.78 is 90.1. The fourth-order valence-corrected chi connectivity index (χ4v) is 15.3. The molecular weight excluding hydrogens is 1780 g/mol. The van der Waals surface area contributed by atoms with Gasteiger partial charge in [0.15, 0.2) is 47.3 Å². The molecule has 740 valence electrons. The number of aliphatic hydroxyl groups is 5. The number of likely N-dealkylation sites (tertiary alicyclic amines) is 1. The standard InChI is InChI=1S/C90H120N10O35/c1-51(2)59-44-74(103)95(82(59)109)20-17-72(101)91-19-24-123-26-28-125-30-32-127-34-36-129-38-37-128-35-33-126-31-29-124-27-25-122-23-18-73(102)94-75(52(3)4)81(108)92-55(7)80(107)93-58-14-11-56(12-15-58)49-132-89(116)98-62-45-70(68(120-8)42-60(62)83(110)96-47-53(5)39-65(96)85(98)112)130-21-10-22-131-71-46-63-61(43-69(71)121-9)84(111)97-48-54(6)40-66(97)86(113)99(63)90(117)133-50-57-13-16-67(64(41-57)100(118)119)134-88-78(106)76(104)77(105)79(135-88)87(114)115/h11-16,41-43,45-46,51-52,55,59,65-66,75-79,85-86,88,104-106,112-113H,5-6,10,17-40,44,47-50H2,1-4,7-9H3,(H,91,101)(H,92,108)(H,93,107)(H,94,102)(H,114,115)/t55-,59?,65-,66-,75-,76-,77?,78?,79-,85-,86-,88+/m0/s1. The molecule has 45 heteroatoms. The van der Waals surface area contributed by atoms with E-state index in [4.69, 9.17) is 75.8 Å². The van der Waals surface area contributed by atoms with Gasteiger partial charge < -0.3 is 137 Å². The molecule has 4 aromatic rings. The molecule has 4 saturated heterocycles. The zero-order valence-electron chi connectivity index (χ0n) is 76.3. The van der Waals surface area contributed by atoms with Crippen molar-refractivity contribution in [1.29, 1.82) is 0 Å². The molecule has 4 aromatic carbocycles. The van der Waals surface area contributed by atoms with E-state index in [0.29, 0.717) is 115 Å². The van der Waals surface area contributed by atoms with E-state index >= 15 is 0 Å². The van der Waals surface area contributed by atoms with Crippen LogP contribution in [-0.4, -0.2) is 342 Å². The molecule has 4 fully saturated rings. The molecule has 10 rings (SSSR count). The molecule has 3 unspecified atom stereocenters. The third kappa shape index (κ3) is 28.6. The number of nitrogens with zero attached hydrogens (tertiary/aromatic N) is 6. The number of fused-ring (bicyclic) bond motifs is 4. The van der Waals surface area contributed by atoms with Crippen molar-refractivity contribution in [3.63, 3.8) is 0 Å². The number of carbonyl (C=O) groups is 11. The Labute approximate surface area is 777 Å². The van der Waals surface area contributed by atoms with Gasteiger partial charge in [-0.3, -0.25) is 53.4 Å². The summed E-state index contributed by atoms with van der Waals surface area (Å²) in [4.78, 5) is 163. The van der Waals surface area contributed by atoms with Crippen LogP contribution in [0.5, 0.6) is 28.7 Å². The third-order valence-electron chi connectivity index (χ3n) is 22.6. The number of aliphatic hydroxyl groups excluding tert-OH is 5. The summed E-state index contributed by atoms with van der Waals surface area (Å²) in [6.07, 6.45) is -15.6. The number of aliphatic carboxylic acids is 1. The molecule has 10 amide bonds. The summed E-state index contributed by atoms with van der Waals surface area (Å²) in [5, 5.41) is 87.7. The molecule has 45 nitrogen and oxygen atoms in total. The average molecular weight is 1900 g/mol. The second-order valence-electron chi connectivity index (χ2n) is 33.0. The fourth-order valence-electron chi connectivity index (χ4n) is 15.3. The number of carboxylic acid groups (broad SMARTS) is 1. The van der Waals surface area contributed by atoms with Gasteiger partial charge in [0.2, 0.25) is 41.7 Å². The maximum absolute atomic E-state index is 14.5. The first kappa shape index (κ1) is 105. The summed E-state index contributed by atoms with van der Waals surface area (Å²) in [5.41, 5.74) is 0.653. The highest BCUT2D eigenvalue weighted by molar-refractivity contribution is 6.08. The molecule has 135 heavy (non-hydrogen) atoms. The van der Waals surface area contributed by atoms with Crippen molar-refractivity contribution in [3.05, 3.63) is 123 Å². The van der Waals surface area contributed by atoms with E-state index in [0.717, 1.165) is 21.9 Å². The number of hydrogen-bond donors (Lipinski definition) is 10. The monoisotopic (exact) mass is 1900 g/mol. The Morgan fingerprint density at radius 3 is 1.47 bits per heavy atom. The highest BCUT2D eigenvalue weighted by Crippen LogP contribution is 2.45. The van der Waals surface area contributed by atoms with E-state index in [1.807, 2.05) is 13.8 Å². The van der Waals surface area contributed by atoms with Crippen molar-refractivity contribution >= 4 is 88.2 Å². The number of imide groups is 1. The van der Waals surface area contributed by atoms with E-state index in [9.17, 15) is 93.5 Å². The van der Waals surface area contributed by atoms with Gasteiger partial charge in [-0.2, -0.15) is 0 Å². The second kappa shape index (κ2) is 51.2. The van der Waals surface area contributed by atoms with Crippen molar-refractivity contribution in [2.45, 2.75) is 154 Å². The predicted octanol–water partition coefficient (Wildman–Crippen LogP) is 2.87. The van der Waals surface area contributed by atoms with E-state index in [-0.39, 0.29) is 184 Å². The second-order valence-corrected chi connectivity index (χ2v) is 33.0. The molecule has 6 aliphatic rings. The number of amides is 10. The van der Waals surface area contributed by atoms with Crippen LogP contribution in [0.15, 0.2) is 91.0 Å². The Hall–Kier alpha value is -11.8. The minimum Gasteiger partial charge on any atom is -0.493 e. The Bertz CT molecular complexity index is 4810. The smallest absolute Gasteiger partial charge is 0.416 e. The lowest BCUT2D eigenvalue weighted by atomic mass is 9.94. The van der Waals surface area contributed by atoms with Crippen LogP contribution in [0.2, 0.25) is 0 Å². The minimum absolute atomic E-state index is 0.0149. The van der Waals surface area contributed by atoms with E-state index in [1.54, 1.807) is 26.0 Å². The number of ether oxygens (including phenoxy) is 16. The normalized spacial score (nSPS) is 20.7. The van der Waals surface area contributed by atoms with Gasteiger partial charge in [-0.05, 0) is 73.1 Å². The van der Waals surface area contributed by atoms with E-state index in [2.05, 4.69) is 34.4 Å². The van der Waals surface area contributed by atoms with Gasteiger partial charge in [-0.15, -0.1) is 0 Å². The predicted molar refractivity (Wildman–Crippen MR) is 472 cm³/mol. The van der Waals surface area contributed by atoms with Crippen LogP contribution in [-0.2, 0) is 98.9 Å². The van der Waals surface area contributed by atoms with Gasteiger partial charge in [0, 0.05) is 81.7 Å². The van der Waals surface area contributed by atoms with Crippen LogP contribution in [0.4, 0.5) is 32.3 Å². The van der Waals surface area contributed by atoms with Crippen LogP contribution < -0.4 is 54.8 Å². The van der Waals surface area contributed by atoms with Gasteiger partial charge in [-0.25, -0.2) is 24.2 Å². The molecule has 12 atom stereocenters. The minimum atomic E-state index is -2.08. The number of nitro groups is 1. The van der Waals surface area contributed by atoms with Crippen molar-refractivity contribution in [3.8, 4) is 28.7 Å². The first-order valence-corrected chi connectivity index (χ1v) is 44.2. The number of nitro benzene ring substituents is 1. The summed E-state index contributed by atoms with van der Waals surface area (Å²) >= 11 is 0. The maximum Gasteiger partial charge on any atom is 0.416 e. The first-order chi connectivity index (χ1) is 64.7. The molecule has 0 aliphatic carbocycles. The van der Waals surface area contributed by atoms with Crippen molar-refractivity contribution in [2.24, 2.45) is 17.8 Å². The van der Waals surface area contributed by atoms with E-state index in [1.165, 1.54) is 78.3 Å². The Morgan fingerprint density at radius 1 is 0.541 bits per heavy atom. The van der Waals surface area contributed by atoms with E-state index < -0.39 is 138 Å². The number of hydrogen-bond acceptors (Lipinski definition) is 34. The van der Waals surface area contributed by atoms with Crippen LogP contribution in [0.25, 0.3) is 0 Å². The van der Waals surface area contributed by atoms with Crippen molar-refractivity contribution in [2.75, 3.05) is 174 Å². The highest BCUT2D eigenvalue weighted by atomic mass is 16.7. The van der Waals surface area contributed by atoms with Gasteiger partial charge in [0.25, 0.3) is 11.8 Å². The largest absolute Gasteiger partial charge is 0.493 e. The van der Waals surface area contributed by atoms with Crippen LogP contribution in [0.1, 0.15) is 105 Å². The lowest BCUT2D eigenvalue weighted by Crippen LogP contribution is -2.61. The molecule has 0 radical (unpaired) electrons. The number of anilines is 3. The molecule has 0 spiro atoms. The zero-order chi connectivity index (χ0) is 97.7. The summed E-state index contributed by atoms with van der Waals surface area (Å²) in [5.74, 6) is -6.39. The van der Waals surface area contributed by atoms with Gasteiger partial charge in [-0.1, -0.05) is 70.2 Å². The molecule has 0 saturated carbocycles. The molecule has 0 aromatic heterocycles. The van der Waals surface area contributed by atoms with Gasteiger partial charge in [0.1, 0.15) is 43.6 Å². The number of nitrogens with one attached hydrogen (secondary N) is 4. The maximum atomic E-state index is 14.5. The summed E-state index contributed by atoms with van der Waals surface area (Å²) in [6, 6.07) is 10.6. The van der Waals surface area contributed by atoms with Gasteiger partial charge in [0.05, 0.1) is 173 Å². The van der Waals surface area contributed by atoms with Crippen LogP contribution in [0.3, 0.4) is 0 Å². The van der Waals surface area contributed by atoms with Crippen molar-refractivity contribution < 1.29 is 164 Å². The molecule has 6 aliphatic heterocycles. The number of benzene rings is 4. The van der Waals surface area contributed by atoms with Crippen molar-refractivity contribution in [1.82, 2.24) is 30.7 Å². The molecule has 6 heterocycles. The lowest BCUT2D eigenvalue weighted by Gasteiger charge is -2.38. The van der Waals surface area contributed by atoms with Crippen LogP contribution in [0, 0.1) is 27.9 Å². The highest BCUT2D eigenvalue weighted by Gasteiger charge is 2.51. The molecular formula is C90H120N10O35. The third-order valence-corrected chi connectivity index (χ3v) is 22.6. The number of rotatable bonds is 53. The summed E-state index contributed by atoms with van der Waals surface area (Å²) in [6.45, 7) is 21.0. The zero-order valence-corrected chi connectivity index (χ0v) is 76.3. The Kier molecular flexibility index (Phi) is 39.9. The average Bonchev–Trinajstić information content (AvgIpc) is 1.62. The summed E-state index contributed by atoms with van der Waals surface area (Å²) in [7, 11) is 2.63. The SMILES string of the molecule is C=C1C[C@H]2[C@H](O)N(C(=O)OCc3ccc(NC(=O)[C@H](C)NC(=O)[C@@H](NC(=O)CCOCCOCCOCCOCCOCCOCCOCCOCCNC(=O)CCN4C(=O)CC(C(C)C)C4=O)C(C)C)cc3)c3cc(OCCCOc4cc5c(cc4OC)C(=O)N4CC(=C)C[C@H]4[C@H](O)N5C(=O)OCc4ccc(O[C@@H]5O[C@H](C(=O)O)C(O)[C@H](O)C5O)c([N+](=O)[O-])c4)c(OC)cc3C(=O)N2C1.